The highest BCUT2D eigenvalue weighted by molar-refractivity contribution is 9.10. The van der Waals surface area contributed by atoms with E-state index in [0.29, 0.717) is 6.61 Å². The summed E-state index contributed by atoms with van der Waals surface area (Å²) in [6.45, 7) is 2.72. The fourth-order valence-corrected chi connectivity index (χ4v) is 1.70. The van der Waals surface area contributed by atoms with Gasteiger partial charge in [-0.2, -0.15) is 0 Å². The molecule has 1 rings (SSSR count). The Morgan fingerprint density at radius 1 is 1.57 bits per heavy atom. The van der Waals surface area contributed by atoms with Gasteiger partial charge in [0, 0.05) is 22.6 Å². The van der Waals surface area contributed by atoms with Crippen molar-refractivity contribution in [3.05, 3.63) is 27.7 Å². The minimum atomic E-state index is 0.259. The van der Waals surface area contributed by atoms with Gasteiger partial charge in [-0.15, -0.1) is 0 Å². The van der Waals surface area contributed by atoms with Crippen molar-refractivity contribution in [2.24, 2.45) is 0 Å². The summed E-state index contributed by atoms with van der Waals surface area (Å²) in [6.07, 6.45) is 0. The predicted molar refractivity (Wildman–Crippen MR) is 64.1 cm³/mol. The second kappa shape index (κ2) is 5.59. The Morgan fingerprint density at radius 2 is 2.29 bits per heavy atom. The van der Waals surface area contributed by atoms with E-state index in [1.165, 1.54) is 0 Å². The van der Waals surface area contributed by atoms with Gasteiger partial charge in [-0.05, 0) is 41.1 Å². The third kappa shape index (κ3) is 3.48. The molecule has 0 radical (unpaired) electrons. The van der Waals surface area contributed by atoms with E-state index >= 15 is 0 Å². The van der Waals surface area contributed by atoms with Crippen LogP contribution < -0.4 is 5.32 Å². The minimum Gasteiger partial charge on any atom is -0.383 e. The van der Waals surface area contributed by atoms with Crippen molar-refractivity contribution in [2.45, 2.75) is 13.0 Å². The quantitative estimate of drug-likeness (QED) is 0.909. The van der Waals surface area contributed by atoms with Gasteiger partial charge in [0.25, 0.3) is 0 Å². The zero-order valence-corrected chi connectivity index (χ0v) is 10.5. The van der Waals surface area contributed by atoms with Gasteiger partial charge in [-0.25, -0.2) is 0 Å². The first-order valence-corrected chi connectivity index (χ1v) is 5.51. The van der Waals surface area contributed by atoms with Crippen LogP contribution in [-0.4, -0.2) is 19.8 Å². The third-order valence-corrected chi connectivity index (χ3v) is 2.67. The SMILES string of the molecule is COCC(C)Nc1cc(Cl)ccc1Br. The van der Waals surface area contributed by atoms with Crippen molar-refractivity contribution in [1.82, 2.24) is 0 Å². The van der Waals surface area contributed by atoms with E-state index in [0.717, 1.165) is 15.2 Å². The van der Waals surface area contributed by atoms with E-state index in [1.807, 2.05) is 18.2 Å². The Morgan fingerprint density at radius 3 is 2.93 bits per heavy atom. The molecule has 0 aliphatic heterocycles. The van der Waals surface area contributed by atoms with Crippen molar-refractivity contribution in [2.75, 3.05) is 19.0 Å². The van der Waals surface area contributed by atoms with Gasteiger partial charge in [0.05, 0.1) is 12.3 Å². The molecule has 1 atom stereocenters. The van der Waals surface area contributed by atoms with Gasteiger partial charge in [-0.3, -0.25) is 0 Å². The van der Waals surface area contributed by atoms with Crippen LogP contribution in [0.1, 0.15) is 6.92 Å². The molecule has 0 aliphatic carbocycles. The van der Waals surface area contributed by atoms with E-state index in [-0.39, 0.29) is 6.04 Å². The zero-order valence-electron chi connectivity index (χ0n) is 8.18. The first-order chi connectivity index (χ1) is 6.63. The lowest BCUT2D eigenvalue weighted by Crippen LogP contribution is -2.20. The summed E-state index contributed by atoms with van der Waals surface area (Å²) in [7, 11) is 1.69. The summed E-state index contributed by atoms with van der Waals surface area (Å²) in [4.78, 5) is 0. The Bertz CT molecular complexity index is 306. The lowest BCUT2D eigenvalue weighted by Gasteiger charge is -2.15. The van der Waals surface area contributed by atoms with E-state index in [4.69, 9.17) is 16.3 Å². The molecule has 0 bridgehead atoms. The van der Waals surface area contributed by atoms with Gasteiger partial charge in [0.1, 0.15) is 0 Å². The maximum absolute atomic E-state index is 5.89. The number of halogens is 2. The van der Waals surface area contributed by atoms with Crippen LogP contribution in [0.2, 0.25) is 5.02 Å². The fraction of sp³-hybridized carbons (Fsp3) is 0.400. The monoisotopic (exact) mass is 277 g/mol. The molecule has 0 amide bonds. The number of hydrogen-bond donors (Lipinski definition) is 1. The molecule has 4 heteroatoms. The first-order valence-electron chi connectivity index (χ1n) is 4.34. The van der Waals surface area contributed by atoms with Crippen molar-refractivity contribution in [1.29, 1.82) is 0 Å². The van der Waals surface area contributed by atoms with Crippen LogP contribution in [0.25, 0.3) is 0 Å². The number of benzene rings is 1. The molecule has 1 unspecified atom stereocenters. The van der Waals surface area contributed by atoms with E-state index in [2.05, 4.69) is 28.2 Å². The lowest BCUT2D eigenvalue weighted by atomic mass is 10.3. The maximum atomic E-state index is 5.89. The van der Waals surface area contributed by atoms with E-state index in [1.54, 1.807) is 7.11 Å². The van der Waals surface area contributed by atoms with Crippen LogP contribution in [0.15, 0.2) is 22.7 Å². The molecule has 0 heterocycles. The zero-order chi connectivity index (χ0) is 10.6. The van der Waals surface area contributed by atoms with Crippen LogP contribution >= 0.6 is 27.5 Å². The molecule has 78 valence electrons. The molecule has 0 saturated heterocycles. The summed E-state index contributed by atoms with van der Waals surface area (Å²) in [5.74, 6) is 0. The first kappa shape index (κ1) is 11.8. The molecule has 1 aromatic carbocycles. The Labute approximate surface area is 97.7 Å². The molecule has 0 saturated carbocycles. The van der Waals surface area contributed by atoms with E-state index in [9.17, 15) is 0 Å². The van der Waals surface area contributed by atoms with Crippen molar-refractivity contribution in [3.63, 3.8) is 0 Å². The van der Waals surface area contributed by atoms with Gasteiger partial charge in [0.2, 0.25) is 0 Å². The highest BCUT2D eigenvalue weighted by atomic mass is 79.9. The van der Waals surface area contributed by atoms with Crippen LogP contribution in [0.5, 0.6) is 0 Å². The molecule has 0 aromatic heterocycles. The summed E-state index contributed by atoms with van der Waals surface area (Å²) in [5, 5.41) is 4.02. The van der Waals surface area contributed by atoms with Crippen LogP contribution in [0.4, 0.5) is 5.69 Å². The average molecular weight is 279 g/mol. The summed E-state index contributed by atoms with van der Waals surface area (Å²) in [5.41, 5.74) is 0.988. The average Bonchev–Trinajstić information content (AvgIpc) is 2.12. The van der Waals surface area contributed by atoms with Gasteiger partial charge in [0.15, 0.2) is 0 Å². The molecule has 2 nitrogen and oxygen atoms in total. The standard InChI is InChI=1S/C10H13BrClNO/c1-7(6-14-2)13-10-5-8(12)3-4-9(10)11/h3-5,7,13H,6H2,1-2H3. The second-order valence-electron chi connectivity index (χ2n) is 3.12. The molecule has 14 heavy (non-hydrogen) atoms. The highest BCUT2D eigenvalue weighted by Gasteiger charge is 2.04. The maximum Gasteiger partial charge on any atom is 0.0661 e. The molecular weight excluding hydrogens is 265 g/mol. The Hall–Kier alpha value is -0.250. The smallest absolute Gasteiger partial charge is 0.0661 e. The lowest BCUT2D eigenvalue weighted by molar-refractivity contribution is 0.190. The summed E-state index contributed by atoms with van der Waals surface area (Å²) < 4.78 is 6.04. The number of anilines is 1. The van der Waals surface area contributed by atoms with Crippen molar-refractivity contribution < 1.29 is 4.74 Å². The van der Waals surface area contributed by atoms with E-state index < -0.39 is 0 Å². The normalized spacial score (nSPS) is 12.6. The number of nitrogens with one attached hydrogen (secondary N) is 1. The van der Waals surface area contributed by atoms with Crippen LogP contribution in [0.3, 0.4) is 0 Å². The van der Waals surface area contributed by atoms with Crippen molar-refractivity contribution >= 4 is 33.2 Å². The third-order valence-electron chi connectivity index (χ3n) is 1.75. The number of ether oxygens (including phenoxy) is 1. The molecule has 0 spiro atoms. The number of hydrogen-bond acceptors (Lipinski definition) is 2. The van der Waals surface area contributed by atoms with Gasteiger partial charge in [-0.1, -0.05) is 11.6 Å². The Balaban J connectivity index is 2.70. The summed E-state index contributed by atoms with van der Waals surface area (Å²) in [6, 6.07) is 5.91. The molecule has 0 fully saturated rings. The van der Waals surface area contributed by atoms with Crippen LogP contribution in [-0.2, 0) is 4.74 Å². The largest absolute Gasteiger partial charge is 0.383 e. The molecule has 1 N–H and O–H groups in total. The summed E-state index contributed by atoms with van der Waals surface area (Å²) >= 11 is 9.33. The predicted octanol–water partition coefficient (Wildman–Crippen LogP) is 3.55. The van der Waals surface area contributed by atoms with Crippen LogP contribution in [0, 0.1) is 0 Å². The topological polar surface area (TPSA) is 21.3 Å². The molecule has 0 aliphatic rings. The molecule has 1 aromatic rings. The Kier molecular flexibility index (Phi) is 4.72. The fourth-order valence-electron chi connectivity index (χ4n) is 1.17. The highest BCUT2D eigenvalue weighted by Crippen LogP contribution is 2.26. The minimum absolute atomic E-state index is 0.259. The number of rotatable bonds is 4. The van der Waals surface area contributed by atoms with Gasteiger partial charge < -0.3 is 10.1 Å². The van der Waals surface area contributed by atoms with Crippen molar-refractivity contribution in [3.8, 4) is 0 Å². The van der Waals surface area contributed by atoms with Gasteiger partial charge >= 0.3 is 0 Å². The second-order valence-corrected chi connectivity index (χ2v) is 4.42. The molecular formula is C10H13BrClNO. The number of methoxy groups -OCH3 is 1.